The number of imide groups is 1. The Bertz CT molecular complexity index is 548. The fourth-order valence-electron chi connectivity index (χ4n) is 1.83. The number of fused-ring (bicyclic) bond motifs is 1. The number of rotatable bonds is 1. The first-order valence-electron chi connectivity index (χ1n) is 5.89. The van der Waals surface area contributed by atoms with Gasteiger partial charge in [-0.05, 0) is 39.0 Å². The molecular formula is C13H16N2O4. The van der Waals surface area contributed by atoms with Crippen LogP contribution in [0.4, 0.5) is 11.4 Å². The van der Waals surface area contributed by atoms with Crippen LogP contribution in [-0.2, 0) is 9.59 Å². The summed E-state index contributed by atoms with van der Waals surface area (Å²) in [6.07, 6.45) is -0.789. The zero-order chi connectivity index (χ0) is 14.4. The van der Waals surface area contributed by atoms with E-state index in [1.54, 1.807) is 19.1 Å². The van der Waals surface area contributed by atoms with Gasteiger partial charge < -0.3 is 15.6 Å². The molecule has 1 aromatic carbocycles. The molecule has 3 N–H and O–H groups in total. The minimum atomic E-state index is -1.66. The first-order chi connectivity index (χ1) is 8.71. The van der Waals surface area contributed by atoms with Crippen molar-refractivity contribution in [1.29, 1.82) is 0 Å². The number of amides is 2. The summed E-state index contributed by atoms with van der Waals surface area (Å²) in [5, 5.41) is 9.82. The molecule has 0 bridgehead atoms. The first kappa shape index (κ1) is 13.4. The van der Waals surface area contributed by atoms with E-state index in [-0.39, 0.29) is 5.69 Å². The number of nitrogens with zero attached hydrogens (tertiary/aromatic N) is 1. The molecule has 19 heavy (non-hydrogen) atoms. The van der Waals surface area contributed by atoms with Crippen molar-refractivity contribution >= 4 is 23.2 Å². The molecule has 0 fully saturated rings. The van der Waals surface area contributed by atoms with Crippen LogP contribution in [0.2, 0.25) is 0 Å². The smallest absolute Gasteiger partial charge is 0.274 e. The number of hydrogen-bond donors (Lipinski definition) is 2. The predicted molar refractivity (Wildman–Crippen MR) is 69.7 cm³/mol. The van der Waals surface area contributed by atoms with Crippen LogP contribution in [0, 0.1) is 0 Å². The molecule has 1 aliphatic rings. The highest BCUT2D eigenvalue weighted by Crippen LogP contribution is 2.36. The molecule has 6 nitrogen and oxygen atoms in total. The van der Waals surface area contributed by atoms with Crippen LogP contribution in [0.1, 0.15) is 20.8 Å². The summed E-state index contributed by atoms with van der Waals surface area (Å²) in [7, 11) is 0. The standard InChI is InChI=1S/C13H16N2O4/c1-7-11(16)15(12(17)13(2,3)18)9-6-8(14)4-5-10(9)19-7/h4-7,18H,14H2,1-3H3. The number of nitrogens with two attached hydrogens (primary N) is 1. The maximum Gasteiger partial charge on any atom is 0.274 e. The van der Waals surface area contributed by atoms with Gasteiger partial charge in [0.1, 0.15) is 11.4 Å². The SMILES string of the molecule is CC1Oc2ccc(N)cc2N(C(=O)C(C)(C)O)C1=O. The summed E-state index contributed by atoms with van der Waals surface area (Å²) in [4.78, 5) is 25.3. The van der Waals surface area contributed by atoms with Gasteiger partial charge in [0.2, 0.25) is 0 Å². The van der Waals surface area contributed by atoms with Crippen LogP contribution in [0.25, 0.3) is 0 Å². The molecule has 0 aliphatic carbocycles. The van der Waals surface area contributed by atoms with Crippen LogP contribution in [-0.4, -0.2) is 28.6 Å². The van der Waals surface area contributed by atoms with Gasteiger partial charge in [-0.25, -0.2) is 4.90 Å². The molecule has 1 aromatic rings. The van der Waals surface area contributed by atoms with Crippen LogP contribution in [0.5, 0.6) is 5.75 Å². The molecule has 1 heterocycles. The summed E-state index contributed by atoms with van der Waals surface area (Å²) in [5.74, 6) is -0.844. The van der Waals surface area contributed by atoms with Crippen molar-refractivity contribution in [2.45, 2.75) is 32.5 Å². The van der Waals surface area contributed by atoms with Gasteiger partial charge in [0.05, 0.1) is 5.69 Å². The van der Waals surface area contributed by atoms with Gasteiger partial charge >= 0.3 is 0 Å². The van der Waals surface area contributed by atoms with Crippen LogP contribution in [0.15, 0.2) is 18.2 Å². The zero-order valence-electron chi connectivity index (χ0n) is 11.0. The molecule has 0 radical (unpaired) electrons. The average molecular weight is 264 g/mol. The van der Waals surface area contributed by atoms with E-state index in [1.807, 2.05) is 0 Å². The second-order valence-electron chi connectivity index (χ2n) is 5.03. The summed E-state index contributed by atoms with van der Waals surface area (Å²) >= 11 is 0. The van der Waals surface area contributed by atoms with Crippen molar-refractivity contribution in [1.82, 2.24) is 0 Å². The zero-order valence-corrected chi connectivity index (χ0v) is 11.0. The Morgan fingerprint density at radius 2 is 2.11 bits per heavy atom. The largest absolute Gasteiger partial charge is 0.479 e. The Morgan fingerprint density at radius 3 is 2.68 bits per heavy atom. The Morgan fingerprint density at radius 1 is 1.47 bits per heavy atom. The second-order valence-corrected chi connectivity index (χ2v) is 5.03. The maximum absolute atomic E-state index is 12.2. The molecule has 0 saturated carbocycles. The van der Waals surface area contributed by atoms with Gasteiger partial charge in [-0.1, -0.05) is 0 Å². The number of carbonyl (C=O) groups excluding carboxylic acids is 2. The minimum Gasteiger partial charge on any atom is -0.479 e. The van der Waals surface area contributed by atoms with Gasteiger partial charge in [-0.3, -0.25) is 9.59 Å². The number of ether oxygens (including phenoxy) is 1. The Balaban J connectivity index is 2.56. The summed E-state index contributed by atoms with van der Waals surface area (Å²) in [6.45, 7) is 4.20. The van der Waals surface area contributed by atoms with Crippen LogP contribution >= 0.6 is 0 Å². The molecule has 0 aromatic heterocycles. The van der Waals surface area contributed by atoms with Crippen LogP contribution in [0.3, 0.4) is 0 Å². The molecule has 0 saturated heterocycles. The third-order valence-corrected chi connectivity index (χ3v) is 2.82. The molecule has 1 atom stereocenters. The van der Waals surface area contributed by atoms with Gasteiger partial charge in [-0.2, -0.15) is 0 Å². The highest BCUT2D eigenvalue weighted by molar-refractivity contribution is 6.20. The summed E-state index contributed by atoms with van der Waals surface area (Å²) < 4.78 is 5.41. The molecule has 6 heteroatoms. The normalized spacial score (nSPS) is 18.8. The molecule has 2 rings (SSSR count). The van der Waals surface area contributed by atoms with E-state index in [0.717, 1.165) is 4.90 Å². The first-order valence-corrected chi connectivity index (χ1v) is 5.89. The lowest BCUT2D eigenvalue weighted by atomic mass is 10.1. The quantitative estimate of drug-likeness (QED) is 0.728. The van der Waals surface area contributed by atoms with E-state index in [0.29, 0.717) is 11.4 Å². The summed E-state index contributed by atoms with van der Waals surface area (Å²) in [6, 6.07) is 4.69. The topological polar surface area (TPSA) is 92.9 Å². The number of carbonyl (C=O) groups is 2. The Labute approximate surface area is 110 Å². The molecular weight excluding hydrogens is 248 g/mol. The van der Waals surface area contributed by atoms with Gasteiger partial charge in [0, 0.05) is 5.69 Å². The molecule has 1 aliphatic heterocycles. The number of aliphatic hydroxyl groups is 1. The van der Waals surface area contributed by atoms with E-state index in [2.05, 4.69) is 0 Å². The fraction of sp³-hybridized carbons (Fsp3) is 0.385. The van der Waals surface area contributed by atoms with E-state index in [9.17, 15) is 14.7 Å². The van der Waals surface area contributed by atoms with Gasteiger partial charge in [0.15, 0.2) is 6.10 Å². The lowest BCUT2D eigenvalue weighted by Gasteiger charge is -2.34. The van der Waals surface area contributed by atoms with E-state index >= 15 is 0 Å². The Kier molecular flexibility index (Phi) is 2.98. The van der Waals surface area contributed by atoms with E-state index in [4.69, 9.17) is 10.5 Å². The molecule has 0 spiro atoms. The second kappa shape index (κ2) is 4.24. The lowest BCUT2D eigenvalue weighted by Crippen LogP contribution is -2.54. The Hall–Kier alpha value is -2.08. The number of benzene rings is 1. The summed E-state index contributed by atoms with van der Waals surface area (Å²) in [5.41, 5.74) is 4.67. The van der Waals surface area contributed by atoms with Gasteiger partial charge in [-0.15, -0.1) is 0 Å². The van der Waals surface area contributed by atoms with Crippen molar-refractivity contribution < 1.29 is 19.4 Å². The van der Waals surface area contributed by atoms with Crippen molar-refractivity contribution in [3.05, 3.63) is 18.2 Å². The van der Waals surface area contributed by atoms with Crippen molar-refractivity contribution in [3.63, 3.8) is 0 Å². The van der Waals surface area contributed by atoms with E-state index < -0.39 is 23.5 Å². The number of anilines is 2. The minimum absolute atomic E-state index is 0.259. The monoisotopic (exact) mass is 264 g/mol. The van der Waals surface area contributed by atoms with Crippen LogP contribution < -0.4 is 15.4 Å². The number of hydrogen-bond acceptors (Lipinski definition) is 5. The molecule has 2 amide bonds. The predicted octanol–water partition coefficient (Wildman–Crippen LogP) is 0.680. The third-order valence-electron chi connectivity index (χ3n) is 2.82. The lowest BCUT2D eigenvalue weighted by molar-refractivity contribution is -0.140. The third kappa shape index (κ3) is 2.26. The van der Waals surface area contributed by atoms with E-state index in [1.165, 1.54) is 19.9 Å². The highest BCUT2D eigenvalue weighted by atomic mass is 16.5. The van der Waals surface area contributed by atoms with Gasteiger partial charge in [0.25, 0.3) is 11.8 Å². The van der Waals surface area contributed by atoms with Crippen molar-refractivity contribution in [3.8, 4) is 5.75 Å². The maximum atomic E-state index is 12.2. The highest BCUT2D eigenvalue weighted by Gasteiger charge is 2.41. The van der Waals surface area contributed by atoms with Crippen molar-refractivity contribution in [2.24, 2.45) is 0 Å². The average Bonchev–Trinajstić information content (AvgIpc) is 2.30. The van der Waals surface area contributed by atoms with Crippen molar-refractivity contribution in [2.75, 3.05) is 10.6 Å². The fourth-order valence-corrected chi connectivity index (χ4v) is 1.83. The number of nitrogen functional groups attached to an aromatic ring is 1. The molecule has 102 valence electrons. The molecule has 1 unspecified atom stereocenters.